The van der Waals surface area contributed by atoms with Crippen molar-refractivity contribution >= 4 is 16.9 Å². The summed E-state index contributed by atoms with van der Waals surface area (Å²) in [5, 5.41) is 11.2. The lowest BCUT2D eigenvalue weighted by atomic mass is 9.98. The molecule has 2 heterocycles. The fourth-order valence-electron chi connectivity index (χ4n) is 4.10. The number of fused-ring (bicyclic) bond motifs is 2. The summed E-state index contributed by atoms with van der Waals surface area (Å²) in [5.41, 5.74) is 1.99. The summed E-state index contributed by atoms with van der Waals surface area (Å²) in [6.45, 7) is 0.0440. The average Bonchev–Trinajstić information content (AvgIpc) is 3.07. The lowest BCUT2D eigenvalue weighted by Gasteiger charge is -2.27. The number of nitrogens with zero attached hydrogens (tertiary/aromatic N) is 1. The average molecular weight is 397 g/mol. The van der Waals surface area contributed by atoms with Crippen LogP contribution in [0, 0.1) is 0 Å². The molecule has 0 fully saturated rings. The monoisotopic (exact) mass is 397 g/mol. The molecule has 0 saturated heterocycles. The van der Waals surface area contributed by atoms with Crippen molar-refractivity contribution in [1.82, 2.24) is 4.90 Å². The van der Waals surface area contributed by atoms with Crippen LogP contribution in [0.4, 0.5) is 0 Å². The first-order valence-corrected chi connectivity index (χ1v) is 9.80. The molecule has 5 rings (SSSR count). The Labute approximate surface area is 172 Å². The van der Waals surface area contributed by atoms with Gasteiger partial charge >= 0.3 is 0 Å². The molecule has 0 aliphatic carbocycles. The van der Waals surface area contributed by atoms with Gasteiger partial charge in [-0.2, -0.15) is 0 Å². The van der Waals surface area contributed by atoms with Gasteiger partial charge < -0.3 is 14.4 Å². The number of hydrogen-bond acceptors (Lipinski definition) is 4. The first kappa shape index (κ1) is 18.3. The van der Waals surface area contributed by atoms with Crippen molar-refractivity contribution in [2.24, 2.45) is 0 Å². The number of amides is 1. The molecule has 0 saturated carbocycles. The normalized spacial score (nSPS) is 16.6. The van der Waals surface area contributed by atoms with Crippen LogP contribution >= 0.6 is 0 Å². The molecule has 0 bridgehead atoms. The smallest absolute Gasteiger partial charge is 0.291 e. The summed E-state index contributed by atoms with van der Waals surface area (Å²) >= 11 is 0. The molecule has 0 spiro atoms. The van der Waals surface area contributed by atoms with Crippen LogP contribution in [0.15, 0.2) is 94.1 Å². The second-order valence-electron chi connectivity index (χ2n) is 7.37. The molecule has 4 aromatic rings. The van der Waals surface area contributed by atoms with Crippen LogP contribution in [0.1, 0.15) is 39.4 Å². The highest BCUT2D eigenvalue weighted by molar-refractivity contribution is 5.99. The Hall–Kier alpha value is -3.70. The van der Waals surface area contributed by atoms with E-state index in [2.05, 4.69) is 0 Å². The first-order valence-electron chi connectivity index (χ1n) is 9.80. The van der Waals surface area contributed by atoms with Gasteiger partial charge in [-0.25, -0.2) is 0 Å². The van der Waals surface area contributed by atoms with Crippen molar-refractivity contribution < 1.29 is 14.3 Å². The van der Waals surface area contributed by atoms with Crippen LogP contribution in [-0.2, 0) is 0 Å². The minimum atomic E-state index is -0.889. The highest BCUT2D eigenvalue weighted by atomic mass is 16.3. The van der Waals surface area contributed by atoms with E-state index in [1.807, 2.05) is 60.7 Å². The van der Waals surface area contributed by atoms with Gasteiger partial charge in [0.15, 0.2) is 5.43 Å². The van der Waals surface area contributed by atoms with Crippen molar-refractivity contribution in [2.75, 3.05) is 6.54 Å². The van der Waals surface area contributed by atoms with E-state index in [1.54, 1.807) is 24.3 Å². The Kier molecular flexibility index (Phi) is 4.45. The fraction of sp³-hybridized carbons (Fsp3) is 0.120. The largest absolute Gasteiger partial charge is 0.450 e. The zero-order valence-corrected chi connectivity index (χ0v) is 16.1. The molecule has 30 heavy (non-hydrogen) atoms. The Morgan fingerprint density at radius 2 is 1.50 bits per heavy atom. The highest BCUT2D eigenvalue weighted by Gasteiger charge is 2.43. The summed E-state index contributed by atoms with van der Waals surface area (Å²) in [4.78, 5) is 28.2. The number of para-hydroxylation sites is 1. The van der Waals surface area contributed by atoms with E-state index in [1.165, 1.54) is 4.90 Å². The highest BCUT2D eigenvalue weighted by Crippen LogP contribution is 2.39. The van der Waals surface area contributed by atoms with Crippen LogP contribution in [0.5, 0.6) is 0 Å². The maximum atomic E-state index is 13.3. The molecule has 5 nitrogen and oxygen atoms in total. The van der Waals surface area contributed by atoms with E-state index in [0.29, 0.717) is 22.1 Å². The standard InChI is InChI=1S/C25H19NO4/c27-19(16-9-3-1-4-10-16)15-26-22(17-11-5-2-6-12-17)21-23(28)18-13-7-8-14-20(18)30-24(21)25(26)29/h1-14,19,22,27H,15H2/t19-,22-/m1/s1. The van der Waals surface area contributed by atoms with Gasteiger partial charge in [0.25, 0.3) is 5.91 Å². The molecule has 1 amide bonds. The molecule has 1 aliphatic heterocycles. The molecule has 1 N–H and O–H groups in total. The van der Waals surface area contributed by atoms with Gasteiger partial charge in [-0.1, -0.05) is 72.8 Å². The number of aliphatic hydroxyl groups is 1. The number of β-amino-alcohol motifs (C(OH)–C–C–N with tert-alkyl or cyclic N) is 1. The third kappa shape index (κ3) is 2.91. The Bertz CT molecular complexity index is 1280. The third-order valence-electron chi connectivity index (χ3n) is 5.54. The van der Waals surface area contributed by atoms with E-state index >= 15 is 0 Å². The molecule has 0 radical (unpaired) electrons. The Balaban J connectivity index is 1.66. The maximum absolute atomic E-state index is 13.3. The van der Waals surface area contributed by atoms with Gasteiger partial charge in [0.1, 0.15) is 5.58 Å². The molecule has 5 heteroatoms. The lowest BCUT2D eigenvalue weighted by molar-refractivity contribution is 0.0583. The van der Waals surface area contributed by atoms with Gasteiger partial charge in [0.05, 0.1) is 29.6 Å². The number of aliphatic hydroxyl groups excluding tert-OH is 1. The molecule has 2 atom stereocenters. The fourth-order valence-corrected chi connectivity index (χ4v) is 4.10. The van der Waals surface area contributed by atoms with Gasteiger partial charge in [-0.15, -0.1) is 0 Å². The van der Waals surface area contributed by atoms with Crippen LogP contribution in [0.25, 0.3) is 11.0 Å². The molecule has 3 aromatic carbocycles. The van der Waals surface area contributed by atoms with Gasteiger partial charge in [0.2, 0.25) is 5.76 Å². The lowest BCUT2D eigenvalue weighted by Crippen LogP contribution is -2.33. The Morgan fingerprint density at radius 1 is 0.867 bits per heavy atom. The van der Waals surface area contributed by atoms with Crippen molar-refractivity contribution in [3.8, 4) is 0 Å². The second kappa shape index (κ2) is 7.28. The van der Waals surface area contributed by atoms with Crippen LogP contribution < -0.4 is 5.43 Å². The van der Waals surface area contributed by atoms with Crippen molar-refractivity contribution in [3.63, 3.8) is 0 Å². The Morgan fingerprint density at radius 3 is 2.23 bits per heavy atom. The molecule has 1 aliphatic rings. The maximum Gasteiger partial charge on any atom is 0.291 e. The predicted octanol–water partition coefficient (Wildman–Crippen LogP) is 4.07. The van der Waals surface area contributed by atoms with E-state index in [4.69, 9.17) is 4.42 Å². The van der Waals surface area contributed by atoms with Crippen molar-refractivity contribution in [1.29, 1.82) is 0 Å². The van der Waals surface area contributed by atoms with E-state index < -0.39 is 18.1 Å². The summed E-state index contributed by atoms with van der Waals surface area (Å²) in [6, 6.07) is 24.9. The molecular formula is C25H19NO4. The zero-order valence-electron chi connectivity index (χ0n) is 16.1. The quantitative estimate of drug-likeness (QED) is 0.564. The molecule has 1 aromatic heterocycles. The minimum absolute atomic E-state index is 0.0440. The number of rotatable bonds is 4. The summed E-state index contributed by atoms with van der Waals surface area (Å²) in [7, 11) is 0. The van der Waals surface area contributed by atoms with Crippen molar-refractivity contribution in [3.05, 3.63) is 118 Å². The third-order valence-corrected chi connectivity index (χ3v) is 5.54. The molecular weight excluding hydrogens is 378 g/mol. The first-order chi connectivity index (χ1) is 14.6. The predicted molar refractivity (Wildman–Crippen MR) is 113 cm³/mol. The summed E-state index contributed by atoms with van der Waals surface area (Å²) in [6.07, 6.45) is -0.889. The zero-order chi connectivity index (χ0) is 20.7. The number of benzene rings is 3. The molecule has 148 valence electrons. The van der Waals surface area contributed by atoms with Gasteiger partial charge in [-0.05, 0) is 23.3 Å². The van der Waals surface area contributed by atoms with Crippen LogP contribution in [0.2, 0.25) is 0 Å². The number of carbonyl (C=O) groups is 1. The van der Waals surface area contributed by atoms with E-state index in [-0.39, 0.29) is 17.7 Å². The summed E-state index contributed by atoms with van der Waals surface area (Å²) in [5.74, 6) is -0.343. The van der Waals surface area contributed by atoms with Gasteiger partial charge in [0, 0.05) is 0 Å². The van der Waals surface area contributed by atoms with Crippen molar-refractivity contribution in [2.45, 2.75) is 12.1 Å². The SMILES string of the molecule is O=C1c2oc3ccccc3c(=O)c2[C@@H](c2ccccc2)N1C[C@@H](O)c1ccccc1. The van der Waals surface area contributed by atoms with E-state index in [0.717, 1.165) is 5.56 Å². The van der Waals surface area contributed by atoms with Crippen LogP contribution in [-0.4, -0.2) is 22.5 Å². The van der Waals surface area contributed by atoms with E-state index in [9.17, 15) is 14.7 Å². The minimum Gasteiger partial charge on any atom is -0.450 e. The second-order valence-corrected chi connectivity index (χ2v) is 7.37. The molecule has 0 unspecified atom stereocenters. The van der Waals surface area contributed by atoms with Gasteiger partial charge in [-0.3, -0.25) is 9.59 Å². The number of hydrogen-bond donors (Lipinski definition) is 1. The van der Waals surface area contributed by atoms with Crippen LogP contribution in [0.3, 0.4) is 0 Å². The summed E-state index contributed by atoms with van der Waals surface area (Å²) < 4.78 is 5.89. The topological polar surface area (TPSA) is 70.8 Å². The number of carbonyl (C=O) groups excluding carboxylic acids is 1.